The Balaban J connectivity index is 2.09. The Morgan fingerprint density at radius 1 is 0.952 bits per heavy atom. The second kappa shape index (κ2) is 7.06. The minimum atomic E-state index is -0.460. The van der Waals surface area contributed by atoms with Crippen LogP contribution in [0.1, 0.15) is 51.7 Å². The van der Waals surface area contributed by atoms with Crippen molar-refractivity contribution in [3.63, 3.8) is 0 Å². The first-order chi connectivity index (χ1) is 10.1. The van der Waals surface area contributed by atoms with Gasteiger partial charge in [0.1, 0.15) is 0 Å². The van der Waals surface area contributed by atoms with Gasteiger partial charge in [-0.1, -0.05) is 57.2 Å². The van der Waals surface area contributed by atoms with Crippen LogP contribution in [-0.4, -0.2) is 17.2 Å². The topological polar surface area (TPSA) is 32.3 Å². The molecule has 0 heterocycles. The first-order valence-corrected chi connectivity index (χ1v) is 8.06. The van der Waals surface area contributed by atoms with Crippen LogP contribution in [0, 0.1) is 0 Å². The van der Waals surface area contributed by atoms with Crippen molar-refractivity contribution in [2.45, 2.75) is 51.7 Å². The Hall–Kier alpha value is -1.38. The van der Waals surface area contributed by atoms with E-state index >= 15 is 0 Å². The van der Waals surface area contributed by atoms with Crippen LogP contribution in [0.25, 0.3) is 10.8 Å². The molecule has 2 heteroatoms. The van der Waals surface area contributed by atoms with Crippen LogP contribution in [0.4, 0.5) is 0 Å². The van der Waals surface area contributed by atoms with Gasteiger partial charge in [0.05, 0.1) is 6.10 Å². The Morgan fingerprint density at radius 2 is 1.57 bits per heavy atom. The van der Waals surface area contributed by atoms with E-state index in [0.717, 1.165) is 24.8 Å². The van der Waals surface area contributed by atoms with Gasteiger partial charge in [-0.05, 0) is 41.7 Å². The van der Waals surface area contributed by atoms with Gasteiger partial charge in [-0.15, -0.1) is 0 Å². The summed E-state index contributed by atoms with van der Waals surface area (Å²) in [5.41, 5.74) is 1.14. The average molecular weight is 285 g/mol. The third-order valence-corrected chi connectivity index (χ3v) is 4.86. The van der Waals surface area contributed by atoms with Gasteiger partial charge < -0.3 is 10.4 Å². The molecule has 1 atom stereocenters. The fourth-order valence-corrected chi connectivity index (χ4v) is 2.97. The molecule has 0 saturated heterocycles. The van der Waals surface area contributed by atoms with E-state index in [1.807, 2.05) is 18.2 Å². The van der Waals surface area contributed by atoms with E-state index in [0.29, 0.717) is 6.54 Å². The molecule has 0 aliphatic heterocycles. The molecule has 0 bridgehead atoms. The molecule has 0 saturated carbocycles. The minimum Gasteiger partial charge on any atom is -0.387 e. The summed E-state index contributed by atoms with van der Waals surface area (Å²) < 4.78 is 0. The van der Waals surface area contributed by atoms with E-state index in [4.69, 9.17) is 0 Å². The van der Waals surface area contributed by atoms with Crippen molar-refractivity contribution in [1.29, 1.82) is 0 Å². The summed E-state index contributed by atoms with van der Waals surface area (Å²) in [6.45, 7) is 7.24. The van der Waals surface area contributed by atoms with Crippen LogP contribution in [0.5, 0.6) is 0 Å². The van der Waals surface area contributed by atoms with Crippen LogP contribution < -0.4 is 5.32 Å². The third kappa shape index (κ3) is 3.63. The highest BCUT2D eigenvalue weighted by Gasteiger charge is 2.24. The predicted octanol–water partition coefficient (Wildman–Crippen LogP) is 4.43. The van der Waals surface area contributed by atoms with Crippen molar-refractivity contribution in [3.05, 3.63) is 48.0 Å². The smallest absolute Gasteiger partial charge is 0.0914 e. The number of aliphatic hydroxyl groups is 1. The molecule has 2 aromatic carbocycles. The van der Waals surface area contributed by atoms with Gasteiger partial charge in [0.25, 0.3) is 0 Å². The largest absolute Gasteiger partial charge is 0.387 e. The fourth-order valence-electron chi connectivity index (χ4n) is 2.97. The summed E-state index contributed by atoms with van der Waals surface area (Å²) in [6, 6.07) is 14.5. The van der Waals surface area contributed by atoms with Crippen LogP contribution in [-0.2, 0) is 0 Å². The van der Waals surface area contributed by atoms with Crippen LogP contribution in [0.2, 0.25) is 0 Å². The maximum atomic E-state index is 10.5. The minimum absolute atomic E-state index is 0.151. The molecule has 2 rings (SSSR count). The molecule has 0 fully saturated rings. The van der Waals surface area contributed by atoms with Crippen molar-refractivity contribution < 1.29 is 5.11 Å². The molecular weight excluding hydrogens is 258 g/mol. The van der Waals surface area contributed by atoms with Gasteiger partial charge in [0.2, 0.25) is 0 Å². The average Bonchev–Trinajstić information content (AvgIpc) is 2.56. The fraction of sp³-hybridized carbons (Fsp3) is 0.474. The summed E-state index contributed by atoms with van der Waals surface area (Å²) in [4.78, 5) is 0. The van der Waals surface area contributed by atoms with Gasteiger partial charge in [-0.25, -0.2) is 0 Å². The quantitative estimate of drug-likeness (QED) is 0.788. The maximum Gasteiger partial charge on any atom is 0.0914 e. The number of nitrogens with one attached hydrogen (secondary N) is 1. The molecule has 0 aliphatic rings. The van der Waals surface area contributed by atoms with Crippen molar-refractivity contribution in [2.75, 3.05) is 6.54 Å². The third-order valence-electron chi connectivity index (χ3n) is 4.86. The van der Waals surface area contributed by atoms with E-state index in [1.165, 1.54) is 10.8 Å². The number of hydrogen-bond acceptors (Lipinski definition) is 2. The van der Waals surface area contributed by atoms with E-state index in [9.17, 15) is 5.11 Å². The highest BCUT2D eigenvalue weighted by atomic mass is 16.3. The number of β-amino-alcohol motifs (C(OH)–C–C–N with tert-alkyl or cyclic N) is 1. The molecule has 0 amide bonds. The van der Waals surface area contributed by atoms with E-state index in [2.05, 4.69) is 50.4 Å². The van der Waals surface area contributed by atoms with Gasteiger partial charge >= 0.3 is 0 Å². The molecule has 0 radical (unpaired) electrons. The van der Waals surface area contributed by atoms with Gasteiger partial charge in [-0.3, -0.25) is 0 Å². The molecule has 2 nitrogen and oxygen atoms in total. The Labute approximate surface area is 128 Å². The molecule has 0 aromatic heterocycles. The highest BCUT2D eigenvalue weighted by Crippen LogP contribution is 2.23. The monoisotopic (exact) mass is 285 g/mol. The lowest BCUT2D eigenvalue weighted by molar-refractivity contribution is 0.150. The Bertz CT molecular complexity index is 566. The van der Waals surface area contributed by atoms with Crippen LogP contribution in [0.15, 0.2) is 42.5 Å². The second-order valence-electron chi connectivity index (χ2n) is 5.84. The van der Waals surface area contributed by atoms with Crippen molar-refractivity contribution >= 4 is 10.8 Å². The lowest BCUT2D eigenvalue weighted by atomic mass is 9.89. The second-order valence-corrected chi connectivity index (χ2v) is 5.84. The number of benzene rings is 2. The van der Waals surface area contributed by atoms with E-state index < -0.39 is 6.10 Å². The van der Waals surface area contributed by atoms with Gasteiger partial charge in [-0.2, -0.15) is 0 Å². The molecule has 114 valence electrons. The van der Waals surface area contributed by atoms with E-state index in [-0.39, 0.29) is 5.54 Å². The summed E-state index contributed by atoms with van der Waals surface area (Å²) in [5.74, 6) is 0. The lowest BCUT2D eigenvalue weighted by Crippen LogP contribution is -2.45. The summed E-state index contributed by atoms with van der Waals surface area (Å²) in [6.07, 6.45) is 2.80. The lowest BCUT2D eigenvalue weighted by Gasteiger charge is -2.33. The maximum absolute atomic E-state index is 10.5. The first kappa shape index (κ1) is 16.0. The SMILES string of the molecule is CCC(CC)(CC)NCC(O)c1ccc2ccccc2c1. The summed E-state index contributed by atoms with van der Waals surface area (Å²) in [7, 11) is 0. The van der Waals surface area contributed by atoms with Crippen molar-refractivity contribution in [1.82, 2.24) is 5.32 Å². The standard InChI is InChI=1S/C19H27NO/c1-4-19(5-2,6-3)20-14-18(21)17-12-11-15-9-7-8-10-16(15)13-17/h7-13,18,20-21H,4-6,14H2,1-3H3. The van der Waals surface area contributed by atoms with Crippen LogP contribution >= 0.6 is 0 Å². The van der Waals surface area contributed by atoms with Gasteiger partial charge in [0.15, 0.2) is 0 Å². The summed E-state index contributed by atoms with van der Waals surface area (Å²) in [5, 5.41) is 16.4. The number of aliphatic hydroxyl groups excluding tert-OH is 1. The molecule has 2 N–H and O–H groups in total. The zero-order valence-corrected chi connectivity index (χ0v) is 13.4. The molecule has 21 heavy (non-hydrogen) atoms. The zero-order chi connectivity index (χ0) is 15.3. The number of rotatable bonds is 7. The number of hydrogen-bond donors (Lipinski definition) is 2. The first-order valence-electron chi connectivity index (χ1n) is 8.06. The summed E-state index contributed by atoms with van der Waals surface area (Å²) >= 11 is 0. The number of fused-ring (bicyclic) bond motifs is 1. The molecule has 2 aromatic rings. The van der Waals surface area contributed by atoms with E-state index in [1.54, 1.807) is 0 Å². The highest BCUT2D eigenvalue weighted by molar-refractivity contribution is 5.83. The Kier molecular flexibility index (Phi) is 5.38. The van der Waals surface area contributed by atoms with Crippen molar-refractivity contribution in [2.24, 2.45) is 0 Å². The normalized spacial score (nSPS) is 13.5. The van der Waals surface area contributed by atoms with Crippen LogP contribution in [0.3, 0.4) is 0 Å². The molecule has 0 spiro atoms. The molecule has 1 unspecified atom stereocenters. The zero-order valence-electron chi connectivity index (χ0n) is 13.4. The Morgan fingerprint density at radius 3 is 2.19 bits per heavy atom. The predicted molar refractivity (Wildman–Crippen MR) is 90.5 cm³/mol. The van der Waals surface area contributed by atoms with Crippen molar-refractivity contribution in [3.8, 4) is 0 Å². The van der Waals surface area contributed by atoms with Gasteiger partial charge in [0, 0.05) is 12.1 Å². The molecular formula is C19H27NO. The molecule has 0 aliphatic carbocycles.